The van der Waals surface area contributed by atoms with Crippen LogP contribution in [0.3, 0.4) is 0 Å². The van der Waals surface area contributed by atoms with E-state index in [1.54, 1.807) is 0 Å². The molecule has 14 heavy (non-hydrogen) atoms. The Morgan fingerprint density at radius 3 is 2.50 bits per heavy atom. The van der Waals surface area contributed by atoms with E-state index in [-0.39, 0.29) is 12.1 Å². The van der Waals surface area contributed by atoms with Gasteiger partial charge in [0.2, 0.25) is 0 Å². The van der Waals surface area contributed by atoms with Crippen molar-refractivity contribution in [2.24, 2.45) is 0 Å². The molecule has 0 aliphatic carbocycles. The van der Waals surface area contributed by atoms with E-state index >= 15 is 0 Å². The second kappa shape index (κ2) is 4.06. The zero-order valence-corrected chi connectivity index (χ0v) is 9.20. The van der Waals surface area contributed by atoms with Crippen molar-refractivity contribution in [1.29, 1.82) is 0 Å². The molecule has 80 valence electrons. The summed E-state index contributed by atoms with van der Waals surface area (Å²) in [6, 6.07) is 0. The van der Waals surface area contributed by atoms with Gasteiger partial charge in [-0.1, -0.05) is 0 Å². The van der Waals surface area contributed by atoms with Gasteiger partial charge in [0.25, 0.3) is 0 Å². The van der Waals surface area contributed by atoms with Gasteiger partial charge >= 0.3 is 0 Å². The first-order valence-corrected chi connectivity index (χ1v) is 4.68. The highest BCUT2D eigenvalue weighted by atomic mass is 16.3. The van der Waals surface area contributed by atoms with Crippen LogP contribution in [0.5, 0.6) is 0 Å². The van der Waals surface area contributed by atoms with Crippen molar-refractivity contribution in [1.82, 2.24) is 20.1 Å². The maximum absolute atomic E-state index is 9.22. The molecule has 1 unspecified atom stereocenters. The van der Waals surface area contributed by atoms with Gasteiger partial charge in [-0.25, -0.2) is 9.67 Å². The Kier molecular flexibility index (Phi) is 3.23. The van der Waals surface area contributed by atoms with E-state index in [9.17, 15) is 5.11 Å². The largest absolute Gasteiger partial charge is 0.394 e. The van der Waals surface area contributed by atoms with Crippen LogP contribution in [0.4, 0.5) is 0 Å². The highest BCUT2D eigenvalue weighted by molar-refractivity contribution is 4.91. The quantitative estimate of drug-likeness (QED) is 0.707. The second-order valence-electron chi connectivity index (χ2n) is 3.83. The van der Waals surface area contributed by atoms with Crippen LogP contribution >= 0.6 is 0 Å². The maximum Gasteiger partial charge on any atom is 0.147 e. The van der Waals surface area contributed by atoms with E-state index in [0.717, 1.165) is 11.6 Å². The van der Waals surface area contributed by atoms with E-state index in [2.05, 4.69) is 15.4 Å². The topological polar surface area (TPSA) is 63.0 Å². The zero-order chi connectivity index (χ0) is 10.8. The number of aryl methyl sites for hydroxylation is 2. The number of hydrogen-bond acceptors (Lipinski definition) is 4. The van der Waals surface area contributed by atoms with E-state index < -0.39 is 0 Å². The highest BCUT2D eigenvalue weighted by Gasteiger charge is 2.22. The van der Waals surface area contributed by atoms with Gasteiger partial charge in [-0.3, -0.25) is 0 Å². The molecule has 1 aromatic rings. The van der Waals surface area contributed by atoms with Crippen molar-refractivity contribution in [2.75, 3.05) is 13.7 Å². The van der Waals surface area contributed by atoms with Crippen LogP contribution in [0.25, 0.3) is 0 Å². The summed E-state index contributed by atoms with van der Waals surface area (Å²) in [7, 11) is 1.83. The molecule has 5 heteroatoms. The summed E-state index contributed by atoms with van der Waals surface area (Å²) in [5, 5.41) is 16.5. The molecular formula is C9H18N4O. The lowest BCUT2D eigenvalue weighted by atomic mass is 10.1. The summed E-state index contributed by atoms with van der Waals surface area (Å²) in [5.74, 6) is 1.64. The molecule has 0 aromatic carbocycles. The second-order valence-corrected chi connectivity index (χ2v) is 3.83. The third-order valence-corrected chi connectivity index (χ3v) is 2.41. The van der Waals surface area contributed by atoms with Gasteiger partial charge in [0, 0.05) is 0 Å². The summed E-state index contributed by atoms with van der Waals surface area (Å²) < 4.78 is 1.81. The molecule has 1 rings (SSSR count). The van der Waals surface area contributed by atoms with Gasteiger partial charge in [-0.05, 0) is 27.8 Å². The van der Waals surface area contributed by atoms with Gasteiger partial charge in [0.15, 0.2) is 0 Å². The van der Waals surface area contributed by atoms with E-state index in [4.69, 9.17) is 0 Å². The number of nitrogens with one attached hydrogen (secondary N) is 1. The number of aliphatic hydroxyl groups excluding tert-OH is 1. The normalized spacial score (nSPS) is 15.5. The molecule has 1 aromatic heterocycles. The predicted octanol–water partition coefficient (Wildman–Crippen LogP) is -0.135. The zero-order valence-electron chi connectivity index (χ0n) is 9.20. The van der Waals surface area contributed by atoms with Gasteiger partial charge in [-0.15, -0.1) is 0 Å². The number of likely N-dealkylation sites (N-methyl/N-ethyl adjacent to an activating group) is 1. The molecule has 1 heterocycles. The first-order chi connectivity index (χ1) is 6.50. The molecule has 1 atom stereocenters. The third-order valence-electron chi connectivity index (χ3n) is 2.41. The summed E-state index contributed by atoms with van der Waals surface area (Å²) in [4.78, 5) is 4.21. The van der Waals surface area contributed by atoms with E-state index in [1.807, 2.05) is 32.5 Å². The summed E-state index contributed by atoms with van der Waals surface area (Å²) >= 11 is 0. The SMILES string of the molecule is CNC(C)(CO)Cn1nc(C)nc1C. The van der Waals surface area contributed by atoms with Crippen LogP contribution in [0.2, 0.25) is 0 Å². The van der Waals surface area contributed by atoms with Crippen LogP contribution in [-0.4, -0.2) is 39.1 Å². The van der Waals surface area contributed by atoms with Crippen LogP contribution < -0.4 is 5.32 Å². The summed E-state index contributed by atoms with van der Waals surface area (Å²) in [5.41, 5.74) is -0.342. The molecule has 0 saturated heterocycles. The number of aromatic nitrogens is 3. The lowest BCUT2D eigenvalue weighted by molar-refractivity contribution is 0.160. The Labute approximate surface area is 84.2 Å². The van der Waals surface area contributed by atoms with Crippen LogP contribution in [0.15, 0.2) is 0 Å². The lowest BCUT2D eigenvalue weighted by Crippen LogP contribution is -2.47. The van der Waals surface area contributed by atoms with Crippen molar-refractivity contribution in [3.05, 3.63) is 11.6 Å². The van der Waals surface area contributed by atoms with Crippen molar-refractivity contribution in [3.8, 4) is 0 Å². The predicted molar refractivity (Wildman–Crippen MR) is 54.0 cm³/mol. The van der Waals surface area contributed by atoms with Crippen LogP contribution in [0, 0.1) is 13.8 Å². The highest BCUT2D eigenvalue weighted by Crippen LogP contribution is 2.07. The molecule has 0 aliphatic rings. The fraction of sp³-hybridized carbons (Fsp3) is 0.778. The Bertz CT molecular complexity index is 304. The molecule has 5 nitrogen and oxygen atoms in total. The van der Waals surface area contributed by atoms with Gasteiger partial charge in [0.1, 0.15) is 11.6 Å². The van der Waals surface area contributed by atoms with Crippen LogP contribution in [-0.2, 0) is 6.54 Å². The molecule has 0 radical (unpaired) electrons. The molecular weight excluding hydrogens is 180 g/mol. The van der Waals surface area contributed by atoms with Crippen molar-refractivity contribution >= 4 is 0 Å². The minimum Gasteiger partial charge on any atom is -0.394 e. The summed E-state index contributed by atoms with van der Waals surface area (Å²) in [6.07, 6.45) is 0. The Morgan fingerprint density at radius 1 is 1.50 bits per heavy atom. The number of aliphatic hydroxyl groups is 1. The fourth-order valence-electron chi connectivity index (χ4n) is 1.25. The van der Waals surface area contributed by atoms with Crippen LogP contribution in [0.1, 0.15) is 18.6 Å². The minimum atomic E-state index is -0.342. The first kappa shape index (κ1) is 11.1. The number of rotatable bonds is 4. The Balaban J connectivity index is 2.81. The molecule has 0 saturated carbocycles. The standard InChI is InChI=1S/C9H18N4O/c1-7-11-8(2)13(12-7)5-9(3,6-14)10-4/h10,14H,5-6H2,1-4H3. The van der Waals surface area contributed by atoms with E-state index in [0.29, 0.717) is 6.54 Å². The smallest absolute Gasteiger partial charge is 0.147 e. The molecule has 0 amide bonds. The van der Waals surface area contributed by atoms with Gasteiger partial charge in [-0.2, -0.15) is 5.10 Å². The lowest BCUT2D eigenvalue weighted by Gasteiger charge is -2.26. The first-order valence-electron chi connectivity index (χ1n) is 4.68. The van der Waals surface area contributed by atoms with Gasteiger partial charge < -0.3 is 10.4 Å². The Hall–Kier alpha value is -0.940. The Morgan fingerprint density at radius 2 is 2.14 bits per heavy atom. The summed E-state index contributed by atoms with van der Waals surface area (Å²) in [6.45, 7) is 6.41. The molecule has 0 spiro atoms. The van der Waals surface area contributed by atoms with Crippen molar-refractivity contribution in [2.45, 2.75) is 32.9 Å². The average Bonchev–Trinajstić information content (AvgIpc) is 2.45. The maximum atomic E-state index is 9.22. The molecule has 0 aliphatic heterocycles. The monoisotopic (exact) mass is 198 g/mol. The van der Waals surface area contributed by atoms with Crippen molar-refractivity contribution in [3.63, 3.8) is 0 Å². The molecule has 0 bridgehead atoms. The third kappa shape index (κ3) is 2.30. The minimum absolute atomic E-state index is 0.0713. The number of nitrogens with zero attached hydrogens (tertiary/aromatic N) is 3. The van der Waals surface area contributed by atoms with Gasteiger partial charge in [0.05, 0.1) is 18.7 Å². The molecule has 2 N–H and O–H groups in total. The van der Waals surface area contributed by atoms with Crippen molar-refractivity contribution < 1.29 is 5.11 Å². The fourth-order valence-corrected chi connectivity index (χ4v) is 1.25. The molecule has 0 fully saturated rings. The average molecular weight is 198 g/mol. The van der Waals surface area contributed by atoms with E-state index in [1.165, 1.54) is 0 Å². The number of hydrogen-bond donors (Lipinski definition) is 2.